The first kappa shape index (κ1) is 62.3. The lowest BCUT2D eigenvalue weighted by Gasteiger charge is -2.18. The monoisotopic (exact) mass is 913 g/mol. The van der Waals surface area contributed by atoms with Crippen LogP contribution in [0.25, 0.3) is 0 Å². The van der Waals surface area contributed by atoms with Crippen LogP contribution in [0.3, 0.4) is 0 Å². The molecule has 0 saturated carbocycles. The molecule has 1 unspecified atom stereocenters. The van der Waals surface area contributed by atoms with Crippen molar-refractivity contribution in [2.75, 3.05) is 19.8 Å². The van der Waals surface area contributed by atoms with Gasteiger partial charge in [0, 0.05) is 19.4 Å². The summed E-state index contributed by atoms with van der Waals surface area (Å²) in [4.78, 5) is 25.4. The Hall–Kier alpha value is -3.70. The van der Waals surface area contributed by atoms with Crippen molar-refractivity contribution in [3.05, 3.63) is 122 Å². The molecule has 0 saturated heterocycles. The predicted octanol–water partition coefficient (Wildman–Crippen LogP) is 18.6. The fourth-order valence-electron chi connectivity index (χ4n) is 7.06. The maximum absolute atomic E-state index is 12.8. The molecule has 0 aliphatic rings. The average molecular weight is 913 g/mol. The molecule has 0 aromatic rings. The van der Waals surface area contributed by atoms with Crippen LogP contribution in [-0.4, -0.2) is 37.9 Å². The van der Waals surface area contributed by atoms with Crippen molar-refractivity contribution in [1.82, 2.24) is 0 Å². The van der Waals surface area contributed by atoms with E-state index in [0.29, 0.717) is 25.9 Å². The van der Waals surface area contributed by atoms with Crippen molar-refractivity contribution in [2.45, 2.75) is 232 Å². The van der Waals surface area contributed by atoms with Crippen molar-refractivity contribution < 1.29 is 23.8 Å². The normalized spacial score (nSPS) is 13.2. The van der Waals surface area contributed by atoms with Gasteiger partial charge in [-0.25, -0.2) is 0 Å². The molecular formula is C61H100O5. The fraction of sp³-hybridized carbons (Fsp3) is 0.639. The molecule has 0 aromatic heterocycles. The van der Waals surface area contributed by atoms with Gasteiger partial charge in [-0.1, -0.05) is 239 Å². The zero-order chi connectivity index (χ0) is 47.7. The molecule has 0 fully saturated rings. The summed E-state index contributed by atoms with van der Waals surface area (Å²) in [6, 6.07) is 0. The summed E-state index contributed by atoms with van der Waals surface area (Å²) in [6.45, 7) is 7.48. The van der Waals surface area contributed by atoms with Gasteiger partial charge in [0.15, 0.2) is 6.10 Å². The molecule has 66 heavy (non-hydrogen) atoms. The number of allylic oxidation sites excluding steroid dienone is 20. The highest BCUT2D eigenvalue weighted by molar-refractivity contribution is 5.70. The number of carbonyl (C=O) groups excluding carboxylic acids is 2. The minimum absolute atomic E-state index is 0.0320. The summed E-state index contributed by atoms with van der Waals surface area (Å²) in [5, 5.41) is 0. The van der Waals surface area contributed by atoms with Gasteiger partial charge in [-0.3, -0.25) is 9.59 Å². The van der Waals surface area contributed by atoms with Gasteiger partial charge in [0.05, 0.1) is 6.61 Å². The number of hydrogen-bond donors (Lipinski definition) is 0. The quantitative estimate of drug-likeness (QED) is 0.0346. The van der Waals surface area contributed by atoms with Gasteiger partial charge in [0.2, 0.25) is 0 Å². The average Bonchev–Trinajstić information content (AvgIpc) is 3.32. The second-order valence-corrected chi connectivity index (χ2v) is 17.4. The molecule has 0 rings (SSSR count). The third-order valence-electron chi connectivity index (χ3n) is 11.0. The Morgan fingerprint density at radius 1 is 0.348 bits per heavy atom. The highest BCUT2D eigenvalue weighted by Crippen LogP contribution is 2.14. The molecule has 0 aliphatic heterocycles. The summed E-state index contributed by atoms with van der Waals surface area (Å²) in [5.74, 6) is -0.508. The summed E-state index contributed by atoms with van der Waals surface area (Å²) < 4.78 is 17.3. The van der Waals surface area contributed by atoms with Gasteiger partial charge in [0.1, 0.15) is 6.61 Å². The molecule has 1 atom stereocenters. The zero-order valence-electron chi connectivity index (χ0n) is 42.9. The highest BCUT2D eigenvalue weighted by atomic mass is 16.6. The van der Waals surface area contributed by atoms with Crippen molar-refractivity contribution in [3.63, 3.8) is 0 Å². The molecule has 5 nitrogen and oxygen atoms in total. The Balaban J connectivity index is 4.43. The van der Waals surface area contributed by atoms with E-state index in [2.05, 4.69) is 136 Å². The first-order valence-electron chi connectivity index (χ1n) is 27.1. The van der Waals surface area contributed by atoms with Gasteiger partial charge in [-0.05, 0) is 96.3 Å². The SMILES string of the molecule is CC/C=C\C/C=C\C/C=C\C/C=C\C/C=C\C/C=C\CCC(=O)OCC(COCCCCCCC/C=C\C/C=C\C/C=C\C/C=C\CC)OC(=O)CCCCCCCCCCCCCCC. The Morgan fingerprint density at radius 2 is 0.712 bits per heavy atom. The van der Waals surface area contributed by atoms with Crippen LogP contribution in [0.4, 0.5) is 0 Å². The summed E-state index contributed by atoms with van der Waals surface area (Å²) in [7, 11) is 0. The van der Waals surface area contributed by atoms with Crippen LogP contribution in [0.5, 0.6) is 0 Å². The van der Waals surface area contributed by atoms with Crippen molar-refractivity contribution in [3.8, 4) is 0 Å². The van der Waals surface area contributed by atoms with E-state index in [-0.39, 0.29) is 25.2 Å². The molecule has 0 aliphatic carbocycles. The van der Waals surface area contributed by atoms with Crippen LogP contribution in [0.1, 0.15) is 226 Å². The summed E-state index contributed by atoms with van der Waals surface area (Å²) in [6.07, 6.45) is 77.9. The van der Waals surface area contributed by atoms with Crippen molar-refractivity contribution >= 4 is 11.9 Å². The van der Waals surface area contributed by atoms with E-state index >= 15 is 0 Å². The van der Waals surface area contributed by atoms with E-state index in [9.17, 15) is 9.59 Å². The van der Waals surface area contributed by atoms with Crippen molar-refractivity contribution in [1.29, 1.82) is 0 Å². The molecule has 0 N–H and O–H groups in total. The Bertz CT molecular complexity index is 1350. The molecule has 0 spiro atoms. The first-order chi connectivity index (χ1) is 32.6. The predicted molar refractivity (Wildman–Crippen MR) is 288 cm³/mol. The lowest BCUT2D eigenvalue weighted by atomic mass is 10.0. The number of rotatable bonds is 48. The number of ether oxygens (including phenoxy) is 3. The lowest BCUT2D eigenvalue weighted by molar-refractivity contribution is -0.162. The van der Waals surface area contributed by atoms with Gasteiger partial charge >= 0.3 is 11.9 Å². The number of hydrogen-bond acceptors (Lipinski definition) is 5. The molecule has 0 amide bonds. The Morgan fingerprint density at radius 3 is 1.15 bits per heavy atom. The molecular weight excluding hydrogens is 813 g/mol. The van der Waals surface area contributed by atoms with E-state index in [1.807, 2.05) is 6.08 Å². The van der Waals surface area contributed by atoms with E-state index in [1.54, 1.807) is 0 Å². The lowest BCUT2D eigenvalue weighted by Crippen LogP contribution is -2.30. The smallest absolute Gasteiger partial charge is 0.306 e. The third kappa shape index (κ3) is 52.9. The molecule has 5 heteroatoms. The van der Waals surface area contributed by atoms with Crippen LogP contribution in [-0.2, 0) is 23.8 Å². The van der Waals surface area contributed by atoms with Crippen LogP contribution < -0.4 is 0 Å². The number of unbranched alkanes of at least 4 members (excludes halogenated alkanes) is 17. The number of carbonyl (C=O) groups is 2. The molecule has 374 valence electrons. The maximum Gasteiger partial charge on any atom is 0.306 e. The topological polar surface area (TPSA) is 61.8 Å². The third-order valence-corrected chi connectivity index (χ3v) is 11.0. The van der Waals surface area contributed by atoms with Gasteiger partial charge in [-0.2, -0.15) is 0 Å². The summed E-state index contributed by atoms with van der Waals surface area (Å²) in [5.41, 5.74) is 0. The largest absolute Gasteiger partial charge is 0.462 e. The highest BCUT2D eigenvalue weighted by Gasteiger charge is 2.17. The van der Waals surface area contributed by atoms with Gasteiger partial charge in [0.25, 0.3) is 0 Å². The molecule has 0 radical (unpaired) electrons. The Labute approximate surface area is 407 Å². The van der Waals surface area contributed by atoms with Crippen LogP contribution in [0, 0.1) is 0 Å². The van der Waals surface area contributed by atoms with E-state index in [0.717, 1.165) is 103 Å². The van der Waals surface area contributed by atoms with Gasteiger partial charge in [-0.15, -0.1) is 0 Å². The van der Waals surface area contributed by atoms with E-state index in [1.165, 1.54) is 83.5 Å². The second kappa shape index (κ2) is 55.6. The number of esters is 2. The minimum atomic E-state index is -0.583. The summed E-state index contributed by atoms with van der Waals surface area (Å²) >= 11 is 0. The standard InChI is InChI=1S/C61H100O5/c1-4-7-10-13-16-19-22-25-27-29-31-32-34-37-39-42-45-48-51-54-60(62)65-58-59(66-61(63)55-52-49-46-43-40-36-24-21-18-15-12-9-6-3)57-64-56-53-50-47-44-41-38-35-33-30-28-26-23-20-17-14-11-8-5-2/h7-8,10-11,16-17,19-20,25-28,31-33,35,37,39,45,48,59H,4-6,9,12-15,18,21-24,29-30,34,36,38,40-44,46-47,49-58H2,1-3H3/b10-7-,11-8-,19-16-,20-17-,27-25-,28-26-,32-31-,35-33-,39-37-,48-45-. The van der Waals surface area contributed by atoms with Crippen LogP contribution in [0.2, 0.25) is 0 Å². The van der Waals surface area contributed by atoms with Crippen LogP contribution >= 0.6 is 0 Å². The van der Waals surface area contributed by atoms with Crippen molar-refractivity contribution in [2.24, 2.45) is 0 Å². The molecule has 0 aromatic carbocycles. The van der Waals surface area contributed by atoms with E-state index in [4.69, 9.17) is 14.2 Å². The first-order valence-corrected chi connectivity index (χ1v) is 27.1. The fourth-order valence-corrected chi connectivity index (χ4v) is 7.06. The minimum Gasteiger partial charge on any atom is -0.462 e. The zero-order valence-corrected chi connectivity index (χ0v) is 42.9. The van der Waals surface area contributed by atoms with Crippen LogP contribution in [0.15, 0.2) is 122 Å². The second-order valence-electron chi connectivity index (χ2n) is 17.4. The van der Waals surface area contributed by atoms with Gasteiger partial charge < -0.3 is 14.2 Å². The Kier molecular flexibility index (Phi) is 52.5. The molecule has 0 heterocycles. The molecule has 0 bridgehead atoms. The van der Waals surface area contributed by atoms with E-state index < -0.39 is 6.10 Å². The maximum atomic E-state index is 12.8.